The molecule has 1 aromatic carbocycles. The van der Waals surface area contributed by atoms with Crippen molar-refractivity contribution in [2.75, 3.05) is 24.5 Å². The molecule has 0 saturated carbocycles. The Morgan fingerprint density at radius 3 is 2.89 bits per heavy atom. The lowest BCUT2D eigenvalue weighted by Crippen LogP contribution is -3.14. The summed E-state index contributed by atoms with van der Waals surface area (Å²) in [6.07, 6.45) is 3.21. The van der Waals surface area contributed by atoms with Crippen LogP contribution in [-0.2, 0) is 17.6 Å². The van der Waals surface area contributed by atoms with Crippen LogP contribution in [0.2, 0.25) is 0 Å². The van der Waals surface area contributed by atoms with Crippen LogP contribution in [0.4, 0.5) is 5.69 Å². The standard InChI is InChI=1S/C22H22N2OS2/c25-21(24-11-3-6-16-5-1-2-7-18(16)24)15-23-12-9-19-17(10-14-27-19)22(23)20-8-4-13-26-20/h1-2,4-5,7-8,10,13-14,22H,3,6,9,11-12,15H2/p+1/t22-/m1/s1. The molecule has 3 aromatic rings. The van der Waals surface area contributed by atoms with Crippen LogP contribution in [-0.4, -0.2) is 25.5 Å². The lowest BCUT2D eigenvalue weighted by atomic mass is 9.98. The molecule has 0 fully saturated rings. The fourth-order valence-electron chi connectivity index (χ4n) is 4.53. The highest BCUT2D eigenvalue weighted by molar-refractivity contribution is 7.10. The molecule has 5 heteroatoms. The highest BCUT2D eigenvalue weighted by Gasteiger charge is 2.36. The van der Waals surface area contributed by atoms with Gasteiger partial charge in [-0.1, -0.05) is 24.3 Å². The second-order valence-electron chi connectivity index (χ2n) is 7.36. The Hall–Kier alpha value is -1.95. The van der Waals surface area contributed by atoms with Crippen LogP contribution in [0.25, 0.3) is 0 Å². The Morgan fingerprint density at radius 2 is 2.00 bits per heavy atom. The molecule has 27 heavy (non-hydrogen) atoms. The van der Waals surface area contributed by atoms with E-state index in [4.69, 9.17) is 0 Å². The fourth-order valence-corrected chi connectivity index (χ4v) is 6.35. The van der Waals surface area contributed by atoms with Crippen molar-refractivity contribution in [1.29, 1.82) is 0 Å². The van der Waals surface area contributed by atoms with Gasteiger partial charge in [0.05, 0.1) is 11.4 Å². The maximum Gasteiger partial charge on any atom is 0.282 e. The van der Waals surface area contributed by atoms with Gasteiger partial charge in [0.15, 0.2) is 6.54 Å². The third-order valence-corrected chi connectivity index (χ3v) is 7.72. The van der Waals surface area contributed by atoms with Gasteiger partial charge < -0.3 is 9.80 Å². The number of fused-ring (bicyclic) bond motifs is 2. The lowest BCUT2D eigenvalue weighted by Gasteiger charge is -2.35. The summed E-state index contributed by atoms with van der Waals surface area (Å²) < 4.78 is 0. The minimum Gasteiger partial charge on any atom is -0.316 e. The summed E-state index contributed by atoms with van der Waals surface area (Å²) in [6.45, 7) is 2.43. The van der Waals surface area contributed by atoms with Crippen LogP contribution >= 0.6 is 22.7 Å². The van der Waals surface area contributed by atoms with Crippen LogP contribution in [0.15, 0.2) is 53.2 Å². The Bertz CT molecular complexity index is 947. The molecular formula is C22H23N2OS2+. The van der Waals surface area contributed by atoms with Crippen molar-refractivity contribution in [3.63, 3.8) is 0 Å². The lowest BCUT2D eigenvalue weighted by molar-refractivity contribution is -0.919. The van der Waals surface area contributed by atoms with Crippen LogP contribution in [0, 0.1) is 0 Å². The molecule has 1 N–H and O–H groups in total. The molecule has 2 atom stereocenters. The van der Waals surface area contributed by atoms with E-state index in [-0.39, 0.29) is 5.91 Å². The average molecular weight is 396 g/mol. The number of hydrogen-bond acceptors (Lipinski definition) is 3. The van der Waals surface area contributed by atoms with Crippen molar-refractivity contribution < 1.29 is 9.69 Å². The topological polar surface area (TPSA) is 24.8 Å². The van der Waals surface area contributed by atoms with Gasteiger partial charge in [0.1, 0.15) is 6.04 Å². The van der Waals surface area contributed by atoms with Crippen LogP contribution in [0.5, 0.6) is 0 Å². The first-order valence-corrected chi connectivity index (χ1v) is 11.4. The minimum atomic E-state index is 0.261. The summed E-state index contributed by atoms with van der Waals surface area (Å²) in [4.78, 5) is 19.6. The number of hydrogen-bond donors (Lipinski definition) is 1. The van der Waals surface area contributed by atoms with Crippen molar-refractivity contribution in [2.24, 2.45) is 0 Å². The van der Waals surface area contributed by atoms with E-state index in [1.165, 1.54) is 25.8 Å². The molecule has 0 bridgehead atoms. The largest absolute Gasteiger partial charge is 0.316 e. The Balaban J connectivity index is 1.43. The number of carbonyl (C=O) groups excluding carboxylic acids is 1. The molecule has 138 valence electrons. The summed E-state index contributed by atoms with van der Waals surface area (Å²) in [5.74, 6) is 0.261. The van der Waals surface area contributed by atoms with Gasteiger partial charge in [-0.25, -0.2) is 0 Å². The van der Waals surface area contributed by atoms with Gasteiger partial charge in [-0.15, -0.1) is 22.7 Å². The average Bonchev–Trinajstić information content (AvgIpc) is 3.39. The number of para-hydroxylation sites is 1. The minimum absolute atomic E-state index is 0.261. The molecule has 0 spiro atoms. The normalized spacial score (nSPS) is 21.6. The van der Waals surface area contributed by atoms with Gasteiger partial charge in [-0.05, 0) is 47.4 Å². The van der Waals surface area contributed by atoms with E-state index in [0.29, 0.717) is 12.6 Å². The molecule has 1 unspecified atom stereocenters. The van der Waals surface area contributed by atoms with Crippen molar-refractivity contribution in [2.45, 2.75) is 25.3 Å². The van der Waals surface area contributed by atoms with E-state index in [0.717, 1.165) is 38.0 Å². The predicted octanol–water partition coefficient (Wildman–Crippen LogP) is 3.32. The zero-order valence-corrected chi connectivity index (χ0v) is 16.8. The summed E-state index contributed by atoms with van der Waals surface area (Å²) >= 11 is 3.67. The van der Waals surface area contributed by atoms with E-state index in [9.17, 15) is 4.79 Å². The van der Waals surface area contributed by atoms with Crippen molar-refractivity contribution in [3.8, 4) is 0 Å². The summed E-state index contributed by atoms with van der Waals surface area (Å²) in [5, 5.41) is 4.35. The van der Waals surface area contributed by atoms with Gasteiger partial charge in [0, 0.05) is 29.1 Å². The molecule has 4 heterocycles. The second kappa shape index (κ2) is 7.23. The van der Waals surface area contributed by atoms with E-state index in [1.807, 2.05) is 33.6 Å². The van der Waals surface area contributed by atoms with E-state index in [1.54, 1.807) is 0 Å². The highest BCUT2D eigenvalue weighted by Crippen LogP contribution is 2.32. The molecule has 2 aliphatic heterocycles. The van der Waals surface area contributed by atoms with Crippen LogP contribution < -0.4 is 9.80 Å². The van der Waals surface area contributed by atoms with Crippen molar-refractivity contribution >= 4 is 34.3 Å². The molecular weight excluding hydrogens is 372 g/mol. The van der Waals surface area contributed by atoms with Gasteiger partial charge in [0.2, 0.25) is 0 Å². The first kappa shape index (κ1) is 17.2. The number of quaternary nitrogens is 1. The predicted molar refractivity (Wildman–Crippen MR) is 112 cm³/mol. The van der Waals surface area contributed by atoms with Crippen LogP contribution in [0.1, 0.15) is 33.3 Å². The van der Waals surface area contributed by atoms with E-state index in [2.05, 4.69) is 47.2 Å². The highest BCUT2D eigenvalue weighted by atomic mass is 32.1. The fraction of sp³-hybridized carbons (Fsp3) is 0.318. The van der Waals surface area contributed by atoms with E-state index >= 15 is 0 Å². The molecule has 0 saturated heterocycles. The first-order chi connectivity index (χ1) is 13.3. The monoisotopic (exact) mass is 395 g/mol. The molecule has 2 aromatic heterocycles. The quantitative estimate of drug-likeness (QED) is 0.723. The number of rotatable bonds is 3. The summed E-state index contributed by atoms with van der Waals surface area (Å²) in [7, 11) is 0. The summed E-state index contributed by atoms with van der Waals surface area (Å²) in [6, 6.07) is 15.3. The number of anilines is 1. The van der Waals surface area contributed by atoms with Gasteiger partial charge >= 0.3 is 0 Å². The Labute approximate surface area is 167 Å². The van der Waals surface area contributed by atoms with Gasteiger partial charge in [-0.3, -0.25) is 4.79 Å². The molecule has 5 rings (SSSR count). The van der Waals surface area contributed by atoms with E-state index < -0.39 is 0 Å². The third-order valence-electron chi connectivity index (χ3n) is 5.79. The zero-order valence-electron chi connectivity index (χ0n) is 15.2. The number of nitrogens with one attached hydrogen (secondary N) is 1. The first-order valence-electron chi connectivity index (χ1n) is 9.64. The number of amides is 1. The van der Waals surface area contributed by atoms with Crippen LogP contribution in [0.3, 0.4) is 0 Å². The number of thiophene rings is 2. The Morgan fingerprint density at radius 1 is 1.07 bits per heavy atom. The van der Waals surface area contributed by atoms with Crippen molar-refractivity contribution in [3.05, 3.63) is 74.1 Å². The molecule has 0 aliphatic carbocycles. The summed E-state index contributed by atoms with van der Waals surface area (Å²) in [5.41, 5.74) is 3.85. The smallest absolute Gasteiger partial charge is 0.282 e. The van der Waals surface area contributed by atoms with Crippen molar-refractivity contribution in [1.82, 2.24) is 0 Å². The third kappa shape index (κ3) is 3.14. The van der Waals surface area contributed by atoms with Gasteiger partial charge in [-0.2, -0.15) is 0 Å². The maximum absolute atomic E-state index is 13.3. The molecule has 0 radical (unpaired) electrons. The number of aryl methyl sites for hydroxylation is 1. The number of benzene rings is 1. The Kier molecular flexibility index (Phi) is 4.60. The maximum atomic E-state index is 13.3. The number of nitrogens with zero attached hydrogens (tertiary/aromatic N) is 1. The SMILES string of the molecule is O=C(C[NH+]1CCc2sccc2[C@@H]1c1cccs1)N1CCCc2ccccc21. The molecule has 2 aliphatic rings. The zero-order chi connectivity index (χ0) is 18.2. The second-order valence-corrected chi connectivity index (χ2v) is 9.34. The molecule has 3 nitrogen and oxygen atoms in total. The van der Waals surface area contributed by atoms with Gasteiger partial charge in [0.25, 0.3) is 5.91 Å². The molecule has 1 amide bonds. The number of carbonyl (C=O) groups is 1.